The maximum atomic E-state index is 12.1. The van der Waals surface area contributed by atoms with Crippen LogP contribution in [0.2, 0.25) is 0 Å². The number of methoxy groups -OCH3 is 1. The lowest BCUT2D eigenvalue weighted by Crippen LogP contribution is -2.21. The van der Waals surface area contributed by atoms with Crippen molar-refractivity contribution in [3.8, 4) is 17.5 Å². The van der Waals surface area contributed by atoms with E-state index >= 15 is 0 Å². The van der Waals surface area contributed by atoms with Gasteiger partial charge in [-0.3, -0.25) is 0 Å². The fourth-order valence-corrected chi connectivity index (χ4v) is 4.85. The number of carboxylic acids is 1. The van der Waals surface area contributed by atoms with E-state index in [4.69, 9.17) is 23.8 Å². The number of aliphatic carboxylic acids is 1. The summed E-state index contributed by atoms with van der Waals surface area (Å²) >= 11 is 0. The molecule has 3 aromatic carbocycles. The zero-order valence-corrected chi connectivity index (χ0v) is 23.5. The lowest BCUT2D eigenvalue weighted by Gasteiger charge is -2.20. The van der Waals surface area contributed by atoms with Crippen LogP contribution in [0.4, 0.5) is 18.9 Å². The lowest BCUT2D eigenvalue weighted by molar-refractivity contribution is -0.192. The summed E-state index contributed by atoms with van der Waals surface area (Å²) in [5.74, 6) is -1.80. The minimum Gasteiger partial charge on any atom is -0.493 e. The maximum absolute atomic E-state index is 12.1. The highest BCUT2D eigenvalue weighted by atomic mass is 19.4. The van der Waals surface area contributed by atoms with E-state index in [-0.39, 0.29) is 6.08 Å². The van der Waals surface area contributed by atoms with Gasteiger partial charge in [-0.25, -0.2) is 9.59 Å². The first-order valence-corrected chi connectivity index (χ1v) is 13.7. The van der Waals surface area contributed by atoms with Crippen molar-refractivity contribution < 1.29 is 37.0 Å². The van der Waals surface area contributed by atoms with E-state index in [9.17, 15) is 18.0 Å². The fourth-order valence-electron chi connectivity index (χ4n) is 4.85. The second-order valence-electron chi connectivity index (χ2n) is 9.86. The van der Waals surface area contributed by atoms with Crippen LogP contribution in [0.25, 0.3) is 5.69 Å². The third-order valence-electron chi connectivity index (χ3n) is 6.92. The molecular weight excluding hydrogens is 567 g/mol. The van der Waals surface area contributed by atoms with Gasteiger partial charge in [0.05, 0.1) is 19.4 Å². The minimum atomic E-state index is -5.08. The summed E-state index contributed by atoms with van der Waals surface area (Å²) in [5, 5.41) is 14.7. The van der Waals surface area contributed by atoms with Crippen molar-refractivity contribution in [2.24, 2.45) is 0 Å². The fraction of sp³-hybridized carbons (Fsp3) is 0.323. The molecule has 1 fully saturated rings. The van der Waals surface area contributed by atoms with Crippen LogP contribution in [0.15, 0.2) is 82.0 Å². The van der Waals surface area contributed by atoms with E-state index in [2.05, 4.69) is 52.9 Å². The van der Waals surface area contributed by atoms with Crippen molar-refractivity contribution in [1.82, 2.24) is 9.78 Å². The Kier molecular flexibility index (Phi) is 10.5. The van der Waals surface area contributed by atoms with Crippen molar-refractivity contribution in [2.75, 3.05) is 19.0 Å². The second kappa shape index (κ2) is 14.4. The van der Waals surface area contributed by atoms with Gasteiger partial charge in [-0.15, -0.1) is 0 Å². The number of rotatable bonds is 10. The molecule has 0 amide bonds. The second-order valence-corrected chi connectivity index (χ2v) is 9.86. The molecule has 1 heterocycles. The first-order chi connectivity index (χ1) is 20.7. The first kappa shape index (κ1) is 31.2. The van der Waals surface area contributed by atoms with Crippen LogP contribution in [0.5, 0.6) is 11.8 Å². The molecule has 0 atom stereocenters. The Balaban J connectivity index is 0.000000541. The Hall–Kier alpha value is -4.74. The molecule has 1 saturated carbocycles. The van der Waals surface area contributed by atoms with Gasteiger partial charge in [-0.1, -0.05) is 72.5 Å². The average molecular weight is 600 g/mol. The maximum Gasteiger partial charge on any atom is 0.490 e. The zero-order chi connectivity index (χ0) is 30.8. The summed E-state index contributed by atoms with van der Waals surface area (Å²) < 4.78 is 49.3. The highest BCUT2D eigenvalue weighted by molar-refractivity contribution is 5.73. The van der Waals surface area contributed by atoms with E-state index in [1.807, 2.05) is 24.3 Å². The molecule has 2 N–H and O–H groups in total. The number of nitrogens with zero attached hydrogens (tertiary/aromatic N) is 2. The van der Waals surface area contributed by atoms with Crippen molar-refractivity contribution in [2.45, 2.75) is 50.7 Å². The molecule has 0 aliphatic heterocycles. The molecular formula is C31H32F3N3O6. The number of aromatic nitrogens is 2. The summed E-state index contributed by atoms with van der Waals surface area (Å²) in [6, 6.07) is 24.4. The van der Waals surface area contributed by atoms with Gasteiger partial charge in [0, 0.05) is 24.2 Å². The minimum absolute atomic E-state index is 0.0700. The third kappa shape index (κ3) is 8.63. The van der Waals surface area contributed by atoms with Crippen LogP contribution in [0.3, 0.4) is 0 Å². The van der Waals surface area contributed by atoms with Gasteiger partial charge < -0.3 is 24.3 Å². The van der Waals surface area contributed by atoms with Crippen molar-refractivity contribution in [3.05, 3.63) is 100 Å². The monoisotopic (exact) mass is 599 g/mol. The summed E-state index contributed by atoms with van der Waals surface area (Å²) in [7, 11) is 1.41. The number of halogens is 3. The predicted octanol–water partition coefficient (Wildman–Crippen LogP) is 6.36. The van der Waals surface area contributed by atoms with Crippen LogP contribution < -0.4 is 20.5 Å². The molecule has 1 aromatic heterocycles. The van der Waals surface area contributed by atoms with E-state index in [1.54, 1.807) is 6.07 Å². The van der Waals surface area contributed by atoms with E-state index in [0.29, 0.717) is 24.8 Å². The number of hydrogen-bond donors (Lipinski definition) is 2. The molecule has 1 aliphatic carbocycles. The Bertz CT molecular complexity index is 1550. The summed E-state index contributed by atoms with van der Waals surface area (Å²) in [5.41, 5.74) is 5.17. The number of hydrogen-bond acceptors (Lipinski definition) is 7. The van der Waals surface area contributed by atoms with Gasteiger partial charge in [0.1, 0.15) is 5.75 Å². The Morgan fingerprint density at radius 2 is 1.77 bits per heavy atom. The van der Waals surface area contributed by atoms with E-state index in [0.717, 1.165) is 23.4 Å². The molecule has 228 valence electrons. The quantitative estimate of drug-likeness (QED) is 0.216. The van der Waals surface area contributed by atoms with E-state index in [1.165, 1.54) is 48.6 Å². The largest absolute Gasteiger partial charge is 0.493 e. The Morgan fingerprint density at radius 3 is 2.42 bits per heavy atom. The third-order valence-corrected chi connectivity index (χ3v) is 6.92. The van der Waals surface area contributed by atoms with Crippen molar-refractivity contribution >= 4 is 11.7 Å². The molecule has 0 spiro atoms. The molecule has 9 nitrogen and oxygen atoms in total. The molecule has 1 aliphatic rings. The van der Waals surface area contributed by atoms with Crippen LogP contribution in [0, 0.1) is 0 Å². The Morgan fingerprint density at radius 1 is 1.07 bits per heavy atom. The van der Waals surface area contributed by atoms with Gasteiger partial charge >= 0.3 is 24.0 Å². The first-order valence-electron chi connectivity index (χ1n) is 13.7. The summed E-state index contributed by atoms with van der Waals surface area (Å²) in [6.07, 6.45) is 0.684. The number of nitrogens with one attached hydrogen (secondary N) is 1. The number of carboxylic acid groups (broad SMARTS) is 1. The summed E-state index contributed by atoms with van der Waals surface area (Å²) in [6.45, 7) is 1.23. The van der Waals surface area contributed by atoms with Crippen LogP contribution in [-0.4, -0.2) is 40.7 Å². The van der Waals surface area contributed by atoms with E-state index < -0.39 is 17.9 Å². The molecule has 5 rings (SSSR count). The van der Waals surface area contributed by atoms with Gasteiger partial charge in [-0.05, 0) is 48.1 Å². The number of carbonyl (C=O) groups is 1. The average Bonchev–Trinajstić information content (AvgIpc) is 3.67. The molecule has 0 unspecified atom stereocenters. The predicted molar refractivity (Wildman–Crippen MR) is 153 cm³/mol. The molecule has 4 aromatic rings. The molecule has 43 heavy (non-hydrogen) atoms. The van der Waals surface area contributed by atoms with Gasteiger partial charge in [0.25, 0.3) is 0 Å². The smallest absolute Gasteiger partial charge is 0.490 e. The number of anilines is 1. The molecule has 0 bridgehead atoms. The van der Waals surface area contributed by atoms with Gasteiger partial charge in [0.15, 0.2) is 0 Å². The number of alkyl halides is 3. The van der Waals surface area contributed by atoms with Gasteiger partial charge in [-0.2, -0.15) is 17.9 Å². The topological polar surface area (TPSA) is 116 Å². The Labute approximate surface area is 245 Å². The van der Waals surface area contributed by atoms with Crippen molar-refractivity contribution in [3.63, 3.8) is 0 Å². The van der Waals surface area contributed by atoms with Crippen molar-refractivity contribution in [1.29, 1.82) is 0 Å². The normalized spacial score (nSPS) is 13.2. The zero-order valence-electron chi connectivity index (χ0n) is 23.5. The van der Waals surface area contributed by atoms with Crippen LogP contribution in [-0.2, 0) is 17.8 Å². The summed E-state index contributed by atoms with van der Waals surface area (Å²) in [4.78, 5) is 21.0. The lowest BCUT2D eigenvalue weighted by atomic mass is 9.94. The van der Waals surface area contributed by atoms with Crippen LogP contribution >= 0.6 is 0 Å². The number of ether oxygens (including phenoxy) is 2. The molecule has 0 radical (unpaired) electrons. The standard InChI is InChI=1S/C29H31N3O4.C2HF3O2/c1-34-28-31-32(29(33)36-28)25-15-8-14-24(19-25)30-20-23-13-7-16-26(22-11-5-6-12-22)27(23)35-18-17-21-9-3-2-4-10-21;3-2(4,5)1(6)7/h2-4,7-10,13-16,19,22,30H,5-6,11-12,17-18,20H2,1H3;(H,6,7). The highest BCUT2D eigenvalue weighted by Gasteiger charge is 2.38. The molecule has 12 heteroatoms. The number of para-hydroxylation sites is 1. The number of benzene rings is 3. The highest BCUT2D eigenvalue weighted by Crippen LogP contribution is 2.40. The SMILES string of the molecule is COc1nn(-c2cccc(NCc3cccc(C4CCCC4)c3OCCc3ccccc3)c2)c(=O)o1.O=C(O)C(F)(F)F. The van der Waals surface area contributed by atoms with Gasteiger partial charge in [0.2, 0.25) is 0 Å². The molecule has 0 saturated heterocycles. The van der Waals surface area contributed by atoms with Crippen LogP contribution in [0.1, 0.15) is 48.3 Å².